The van der Waals surface area contributed by atoms with Crippen molar-refractivity contribution < 1.29 is 19.4 Å². The van der Waals surface area contributed by atoms with Gasteiger partial charge in [0.15, 0.2) is 0 Å². The topological polar surface area (TPSA) is 87.7 Å². The molecule has 3 N–H and O–H groups in total. The third kappa shape index (κ3) is 3.62. The highest BCUT2D eigenvalue weighted by Crippen LogP contribution is 2.42. The maximum atomic E-state index is 11.9. The van der Waals surface area contributed by atoms with Crippen LogP contribution in [0.5, 0.6) is 0 Å². The molecule has 0 aromatic heterocycles. The van der Waals surface area contributed by atoms with Crippen LogP contribution in [0.15, 0.2) is 0 Å². The summed E-state index contributed by atoms with van der Waals surface area (Å²) >= 11 is 0. The number of ether oxygens (including phenoxy) is 1. The highest BCUT2D eigenvalue weighted by molar-refractivity contribution is 5.76. The predicted octanol–water partition coefficient (Wildman–Crippen LogP) is 1.60. The molecule has 0 bridgehead atoms. The Morgan fingerprint density at radius 2 is 2.00 bits per heavy atom. The first-order valence-corrected chi connectivity index (χ1v) is 7.11. The van der Waals surface area contributed by atoms with E-state index in [2.05, 4.69) is 24.5 Å². The molecule has 0 aromatic carbocycles. The highest BCUT2D eigenvalue weighted by atomic mass is 16.5. The van der Waals surface area contributed by atoms with Crippen LogP contribution in [-0.2, 0) is 9.53 Å². The summed E-state index contributed by atoms with van der Waals surface area (Å²) in [5, 5.41) is 14.5. The van der Waals surface area contributed by atoms with E-state index in [0.717, 1.165) is 6.42 Å². The number of nitrogens with one attached hydrogen (secondary N) is 2. The minimum absolute atomic E-state index is 0.0476. The Labute approximate surface area is 120 Å². The van der Waals surface area contributed by atoms with E-state index < -0.39 is 17.9 Å². The van der Waals surface area contributed by atoms with Crippen molar-refractivity contribution >= 4 is 12.0 Å². The van der Waals surface area contributed by atoms with Gasteiger partial charge in [-0.25, -0.2) is 4.79 Å². The lowest BCUT2D eigenvalue weighted by atomic mass is 9.64. The Kier molecular flexibility index (Phi) is 5.39. The van der Waals surface area contributed by atoms with Gasteiger partial charge in [-0.05, 0) is 27.2 Å². The molecular formula is C14H26N2O4. The maximum Gasteiger partial charge on any atom is 0.315 e. The smallest absolute Gasteiger partial charge is 0.315 e. The van der Waals surface area contributed by atoms with E-state index in [1.54, 1.807) is 13.8 Å². The minimum atomic E-state index is -0.918. The van der Waals surface area contributed by atoms with E-state index in [0.29, 0.717) is 6.61 Å². The summed E-state index contributed by atoms with van der Waals surface area (Å²) in [5.74, 6) is -1.54. The lowest BCUT2D eigenvalue weighted by molar-refractivity contribution is -0.141. The number of carbonyl (C=O) groups is 2. The van der Waals surface area contributed by atoms with Gasteiger partial charge in [0, 0.05) is 24.1 Å². The molecule has 1 fully saturated rings. The van der Waals surface area contributed by atoms with Gasteiger partial charge in [-0.15, -0.1) is 0 Å². The van der Waals surface area contributed by atoms with Gasteiger partial charge < -0.3 is 20.5 Å². The molecule has 0 spiro atoms. The Bertz CT molecular complexity index is 370. The van der Waals surface area contributed by atoms with Crippen molar-refractivity contribution in [2.24, 2.45) is 11.3 Å². The van der Waals surface area contributed by atoms with Gasteiger partial charge in [-0.3, -0.25) is 4.79 Å². The molecule has 0 aliphatic heterocycles. The first kappa shape index (κ1) is 16.8. The van der Waals surface area contributed by atoms with Gasteiger partial charge in [-0.2, -0.15) is 0 Å². The number of hydrogen-bond acceptors (Lipinski definition) is 3. The molecule has 1 aliphatic rings. The van der Waals surface area contributed by atoms with Crippen molar-refractivity contribution in [1.82, 2.24) is 10.6 Å². The summed E-state index contributed by atoms with van der Waals surface area (Å²) in [6.45, 7) is 10.0. The SMILES string of the molecule is CCOC1CC(NC(=O)NC(C)C(C)C(=O)O)C1(C)C. The average Bonchev–Trinajstić information content (AvgIpc) is 2.36. The number of carbonyl (C=O) groups excluding carboxylic acids is 1. The zero-order valence-corrected chi connectivity index (χ0v) is 12.9. The number of hydrogen-bond donors (Lipinski definition) is 3. The molecule has 1 aliphatic carbocycles. The fourth-order valence-corrected chi connectivity index (χ4v) is 2.36. The normalized spacial score (nSPS) is 27.1. The summed E-state index contributed by atoms with van der Waals surface area (Å²) in [6.07, 6.45) is 0.949. The van der Waals surface area contributed by atoms with E-state index in [1.165, 1.54) is 0 Å². The molecule has 116 valence electrons. The van der Waals surface area contributed by atoms with Crippen LogP contribution < -0.4 is 10.6 Å². The molecule has 6 nitrogen and oxygen atoms in total. The van der Waals surface area contributed by atoms with Crippen LogP contribution in [-0.4, -0.2) is 41.9 Å². The van der Waals surface area contributed by atoms with Crippen molar-refractivity contribution in [3.63, 3.8) is 0 Å². The number of amides is 2. The molecule has 0 heterocycles. The zero-order chi connectivity index (χ0) is 15.5. The second kappa shape index (κ2) is 6.43. The van der Waals surface area contributed by atoms with Crippen LogP contribution in [0.3, 0.4) is 0 Å². The fraction of sp³-hybridized carbons (Fsp3) is 0.857. The number of rotatable bonds is 6. The molecule has 4 unspecified atom stereocenters. The average molecular weight is 286 g/mol. The Balaban J connectivity index is 2.43. The van der Waals surface area contributed by atoms with Gasteiger partial charge >= 0.3 is 12.0 Å². The molecule has 20 heavy (non-hydrogen) atoms. The van der Waals surface area contributed by atoms with Crippen molar-refractivity contribution in [3.05, 3.63) is 0 Å². The van der Waals surface area contributed by atoms with Crippen molar-refractivity contribution in [3.8, 4) is 0 Å². The fourth-order valence-electron chi connectivity index (χ4n) is 2.36. The molecule has 4 atom stereocenters. The maximum absolute atomic E-state index is 11.9. The van der Waals surface area contributed by atoms with E-state index >= 15 is 0 Å². The molecule has 0 saturated heterocycles. The number of carboxylic acid groups (broad SMARTS) is 1. The van der Waals surface area contributed by atoms with Crippen LogP contribution in [0.25, 0.3) is 0 Å². The van der Waals surface area contributed by atoms with Gasteiger partial charge in [0.25, 0.3) is 0 Å². The van der Waals surface area contributed by atoms with E-state index in [9.17, 15) is 9.59 Å². The van der Waals surface area contributed by atoms with Gasteiger partial charge in [0.2, 0.25) is 0 Å². The van der Waals surface area contributed by atoms with Gasteiger partial charge in [-0.1, -0.05) is 13.8 Å². The minimum Gasteiger partial charge on any atom is -0.481 e. The standard InChI is InChI=1S/C14H26N2O4/c1-6-20-11-7-10(14(11,4)5)16-13(19)15-9(3)8(2)12(17)18/h8-11H,6-7H2,1-5H3,(H,17,18)(H2,15,16,19). The number of aliphatic carboxylic acids is 1. The van der Waals surface area contributed by atoms with Crippen molar-refractivity contribution in [2.45, 2.75) is 59.2 Å². The Morgan fingerprint density at radius 1 is 1.40 bits per heavy atom. The van der Waals surface area contributed by atoms with Crippen LogP contribution in [0.2, 0.25) is 0 Å². The van der Waals surface area contributed by atoms with Crippen LogP contribution in [0.4, 0.5) is 4.79 Å². The predicted molar refractivity (Wildman–Crippen MR) is 75.5 cm³/mol. The molecule has 1 rings (SSSR count). The quantitative estimate of drug-likeness (QED) is 0.692. The van der Waals surface area contributed by atoms with Crippen LogP contribution in [0.1, 0.15) is 41.0 Å². The molecule has 1 saturated carbocycles. The van der Waals surface area contributed by atoms with Crippen molar-refractivity contribution in [1.29, 1.82) is 0 Å². The monoisotopic (exact) mass is 286 g/mol. The molecule has 2 amide bonds. The largest absolute Gasteiger partial charge is 0.481 e. The van der Waals surface area contributed by atoms with Gasteiger partial charge in [0.05, 0.1) is 12.0 Å². The van der Waals surface area contributed by atoms with Crippen LogP contribution >= 0.6 is 0 Å². The van der Waals surface area contributed by atoms with E-state index in [4.69, 9.17) is 9.84 Å². The Hall–Kier alpha value is -1.30. The lowest BCUT2D eigenvalue weighted by Gasteiger charge is -2.51. The summed E-state index contributed by atoms with van der Waals surface area (Å²) in [5.41, 5.74) is -0.102. The molecule has 0 aromatic rings. The number of carboxylic acids is 1. The summed E-state index contributed by atoms with van der Waals surface area (Å²) < 4.78 is 5.61. The second-order valence-corrected chi connectivity index (χ2v) is 6.09. The third-order valence-corrected chi connectivity index (χ3v) is 4.35. The van der Waals surface area contributed by atoms with Crippen LogP contribution in [0, 0.1) is 11.3 Å². The van der Waals surface area contributed by atoms with Gasteiger partial charge in [0.1, 0.15) is 0 Å². The summed E-state index contributed by atoms with van der Waals surface area (Å²) in [4.78, 5) is 22.7. The van der Waals surface area contributed by atoms with E-state index in [-0.39, 0.29) is 23.6 Å². The zero-order valence-electron chi connectivity index (χ0n) is 12.9. The first-order chi connectivity index (χ1) is 9.20. The molecular weight excluding hydrogens is 260 g/mol. The summed E-state index contributed by atoms with van der Waals surface area (Å²) in [6, 6.07) is -0.691. The highest BCUT2D eigenvalue weighted by Gasteiger charge is 2.49. The number of urea groups is 1. The lowest BCUT2D eigenvalue weighted by Crippen LogP contribution is -2.64. The Morgan fingerprint density at radius 3 is 2.45 bits per heavy atom. The van der Waals surface area contributed by atoms with E-state index in [1.807, 2.05) is 6.92 Å². The molecule has 0 radical (unpaired) electrons. The molecule has 6 heteroatoms. The first-order valence-electron chi connectivity index (χ1n) is 7.11. The third-order valence-electron chi connectivity index (χ3n) is 4.35. The summed E-state index contributed by atoms with van der Waals surface area (Å²) in [7, 11) is 0. The van der Waals surface area contributed by atoms with Crippen molar-refractivity contribution in [2.75, 3.05) is 6.61 Å². The second-order valence-electron chi connectivity index (χ2n) is 6.09.